The Morgan fingerprint density at radius 1 is 1.00 bits per heavy atom. The fraction of sp³-hybridized carbons (Fsp3) is 0.579. The third-order valence-electron chi connectivity index (χ3n) is 5.12. The van der Waals surface area contributed by atoms with E-state index in [1.165, 1.54) is 0 Å². The molecule has 142 valence electrons. The Labute approximate surface area is 160 Å². The van der Waals surface area contributed by atoms with Crippen LogP contribution >= 0.6 is 11.6 Å². The van der Waals surface area contributed by atoms with E-state index in [-0.39, 0.29) is 11.8 Å². The van der Waals surface area contributed by atoms with E-state index >= 15 is 0 Å². The molecule has 2 aliphatic heterocycles. The van der Waals surface area contributed by atoms with Gasteiger partial charge in [0.2, 0.25) is 11.8 Å². The monoisotopic (exact) mass is 378 g/mol. The molecule has 3 rings (SSSR count). The molecule has 0 aliphatic carbocycles. The lowest BCUT2D eigenvalue weighted by Crippen LogP contribution is -2.51. The number of hydrogen-bond donors (Lipinski definition) is 1. The predicted octanol–water partition coefficient (Wildman–Crippen LogP) is 1.83. The van der Waals surface area contributed by atoms with E-state index in [1.54, 1.807) is 6.07 Å². The molecule has 0 radical (unpaired) electrons. The number of carbonyl (C=O) groups excluding carboxylic acids is 2. The quantitative estimate of drug-likeness (QED) is 0.849. The molecule has 0 atom stereocenters. The number of carbonyl (C=O) groups is 2. The van der Waals surface area contributed by atoms with Gasteiger partial charge in [0, 0.05) is 50.0 Å². The number of anilines is 1. The summed E-state index contributed by atoms with van der Waals surface area (Å²) in [5.41, 5.74) is 1.75. The normalized spacial score (nSPS) is 18.9. The van der Waals surface area contributed by atoms with Crippen molar-refractivity contribution in [3.8, 4) is 0 Å². The van der Waals surface area contributed by atoms with Crippen LogP contribution in [-0.4, -0.2) is 78.9 Å². The average molecular weight is 379 g/mol. The van der Waals surface area contributed by atoms with Gasteiger partial charge in [-0.1, -0.05) is 17.7 Å². The molecule has 6 nitrogen and oxygen atoms in total. The Balaban J connectivity index is 1.41. The highest BCUT2D eigenvalue weighted by atomic mass is 35.5. The van der Waals surface area contributed by atoms with Gasteiger partial charge in [0.25, 0.3) is 0 Å². The standard InChI is InChI=1S/C19H27ClN4O2/c1-15-4-5-16(20)12-17(15)21-18(25)13-22-8-10-23(11-9-22)14-19(26)24-6-2-3-7-24/h4-5,12H,2-3,6-11,13-14H2,1H3,(H,21,25). The van der Waals surface area contributed by atoms with Crippen molar-refractivity contribution in [2.45, 2.75) is 19.8 Å². The summed E-state index contributed by atoms with van der Waals surface area (Å²) < 4.78 is 0. The average Bonchev–Trinajstić information content (AvgIpc) is 3.14. The molecular weight excluding hydrogens is 352 g/mol. The largest absolute Gasteiger partial charge is 0.342 e. The summed E-state index contributed by atoms with van der Waals surface area (Å²) in [6, 6.07) is 5.49. The molecule has 2 fully saturated rings. The first kappa shape index (κ1) is 19.1. The SMILES string of the molecule is Cc1ccc(Cl)cc1NC(=O)CN1CCN(CC(=O)N2CCCC2)CC1. The first-order valence-electron chi connectivity index (χ1n) is 9.30. The molecule has 1 N–H and O–H groups in total. The van der Waals surface area contributed by atoms with Crippen LogP contribution in [0.4, 0.5) is 5.69 Å². The summed E-state index contributed by atoms with van der Waals surface area (Å²) in [5.74, 6) is 0.210. The smallest absolute Gasteiger partial charge is 0.238 e. The van der Waals surface area contributed by atoms with Gasteiger partial charge >= 0.3 is 0 Å². The van der Waals surface area contributed by atoms with Gasteiger partial charge < -0.3 is 10.2 Å². The molecule has 7 heteroatoms. The summed E-state index contributed by atoms with van der Waals surface area (Å²) in [5, 5.41) is 3.55. The molecule has 0 unspecified atom stereocenters. The van der Waals surface area contributed by atoms with Crippen LogP contribution in [0.2, 0.25) is 5.02 Å². The van der Waals surface area contributed by atoms with Crippen LogP contribution < -0.4 is 5.32 Å². The minimum atomic E-state index is -0.0306. The number of nitrogens with one attached hydrogen (secondary N) is 1. The van der Waals surface area contributed by atoms with E-state index in [2.05, 4.69) is 15.1 Å². The Kier molecular flexibility index (Phi) is 6.51. The summed E-state index contributed by atoms with van der Waals surface area (Å²) in [4.78, 5) is 30.8. The lowest BCUT2D eigenvalue weighted by Gasteiger charge is -2.34. The molecule has 0 bridgehead atoms. The summed E-state index contributed by atoms with van der Waals surface area (Å²) >= 11 is 6.00. The van der Waals surface area contributed by atoms with Crippen molar-refractivity contribution in [3.05, 3.63) is 28.8 Å². The number of benzene rings is 1. The maximum atomic E-state index is 12.3. The van der Waals surface area contributed by atoms with E-state index < -0.39 is 0 Å². The maximum absolute atomic E-state index is 12.3. The van der Waals surface area contributed by atoms with Crippen molar-refractivity contribution in [2.75, 3.05) is 57.7 Å². The van der Waals surface area contributed by atoms with Crippen LogP contribution in [0.1, 0.15) is 18.4 Å². The molecule has 2 saturated heterocycles. The van der Waals surface area contributed by atoms with Gasteiger partial charge in [0.1, 0.15) is 0 Å². The summed E-state index contributed by atoms with van der Waals surface area (Å²) in [7, 11) is 0. The van der Waals surface area contributed by atoms with Crippen molar-refractivity contribution < 1.29 is 9.59 Å². The first-order valence-corrected chi connectivity index (χ1v) is 9.67. The molecule has 2 heterocycles. The van der Waals surface area contributed by atoms with E-state index in [1.807, 2.05) is 24.0 Å². The second-order valence-electron chi connectivity index (χ2n) is 7.15. The lowest BCUT2D eigenvalue weighted by molar-refractivity contribution is -0.132. The molecular formula is C19H27ClN4O2. The fourth-order valence-electron chi connectivity index (χ4n) is 3.49. The van der Waals surface area contributed by atoms with Crippen LogP contribution in [0.3, 0.4) is 0 Å². The van der Waals surface area contributed by atoms with Crippen LogP contribution in [0, 0.1) is 6.92 Å². The predicted molar refractivity (Wildman–Crippen MR) is 104 cm³/mol. The van der Waals surface area contributed by atoms with Gasteiger partial charge in [-0.05, 0) is 37.5 Å². The lowest BCUT2D eigenvalue weighted by atomic mass is 10.2. The van der Waals surface area contributed by atoms with E-state index in [4.69, 9.17) is 11.6 Å². The Morgan fingerprint density at radius 2 is 1.62 bits per heavy atom. The maximum Gasteiger partial charge on any atom is 0.238 e. The van der Waals surface area contributed by atoms with Crippen molar-refractivity contribution >= 4 is 29.1 Å². The topological polar surface area (TPSA) is 55.9 Å². The van der Waals surface area contributed by atoms with Gasteiger partial charge in [-0.3, -0.25) is 19.4 Å². The van der Waals surface area contributed by atoms with E-state index in [0.29, 0.717) is 18.1 Å². The molecule has 0 spiro atoms. The number of nitrogens with zero attached hydrogens (tertiary/aromatic N) is 3. The van der Waals surface area contributed by atoms with Crippen molar-refractivity contribution in [1.29, 1.82) is 0 Å². The highest BCUT2D eigenvalue weighted by molar-refractivity contribution is 6.31. The number of aryl methyl sites for hydroxylation is 1. The molecule has 1 aromatic rings. The molecule has 0 saturated carbocycles. The number of piperazine rings is 1. The Bertz CT molecular complexity index is 653. The number of hydrogen-bond acceptors (Lipinski definition) is 4. The van der Waals surface area contributed by atoms with E-state index in [0.717, 1.165) is 63.4 Å². The Hall–Kier alpha value is -1.63. The molecule has 26 heavy (non-hydrogen) atoms. The van der Waals surface area contributed by atoms with Gasteiger partial charge in [0.15, 0.2) is 0 Å². The number of likely N-dealkylation sites (tertiary alicyclic amines) is 1. The van der Waals surface area contributed by atoms with Crippen LogP contribution in [0.5, 0.6) is 0 Å². The zero-order chi connectivity index (χ0) is 18.5. The second kappa shape index (κ2) is 8.84. The summed E-state index contributed by atoms with van der Waals surface area (Å²) in [6.45, 7) is 7.87. The number of amides is 2. The minimum Gasteiger partial charge on any atom is -0.342 e. The molecule has 2 amide bonds. The number of halogens is 1. The number of rotatable bonds is 5. The third kappa shape index (κ3) is 5.19. The molecule has 0 aromatic heterocycles. The van der Waals surface area contributed by atoms with Crippen molar-refractivity contribution in [1.82, 2.24) is 14.7 Å². The van der Waals surface area contributed by atoms with Crippen LogP contribution in [-0.2, 0) is 9.59 Å². The molecule has 1 aromatic carbocycles. The van der Waals surface area contributed by atoms with Gasteiger partial charge in [0.05, 0.1) is 13.1 Å². The summed E-state index contributed by atoms with van der Waals surface area (Å²) in [6.07, 6.45) is 2.25. The van der Waals surface area contributed by atoms with Gasteiger partial charge in [-0.15, -0.1) is 0 Å². The van der Waals surface area contributed by atoms with Crippen LogP contribution in [0.25, 0.3) is 0 Å². The fourth-order valence-corrected chi connectivity index (χ4v) is 3.66. The van der Waals surface area contributed by atoms with E-state index in [9.17, 15) is 9.59 Å². The second-order valence-corrected chi connectivity index (χ2v) is 7.58. The zero-order valence-electron chi connectivity index (χ0n) is 15.3. The minimum absolute atomic E-state index is 0.0306. The first-order chi connectivity index (χ1) is 12.5. The zero-order valence-corrected chi connectivity index (χ0v) is 16.1. The Morgan fingerprint density at radius 3 is 2.27 bits per heavy atom. The highest BCUT2D eigenvalue weighted by Crippen LogP contribution is 2.20. The molecule has 2 aliphatic rings. The van der Waals surface area contributed by atoms with Crippen LogP contribution in [0.15, 0.2) is 18.2 Å². The third-order valence-corrected chi connectivity index (χ3v) is 5.36. The van der Waals surface area contributed by atoms with Gasteiger partial charge in [-0.25, -0.2) is 0 Å². The van der Waals surface area contributed by atoms with Gasteiger partial charge in [-0.2, -0.15) is 0 Å². The highest BCUT2D eigenvalue weighted by Gasteiger charge is 2.24. The van der Waals surface area contributed by atoms with Crippen molar-refractivity contribution in [3.63, 3.8) is 0 Å². The van der Waals surface area contributed by atoms with Crippen molar-refractivity contribution in [2.24, 2.45) is 0 Å².